The van der Waals surface area contributed by atoms with Gasteiger partial charge in [0, 0.05) is 19.7 Å². The Morgan fingerprint density at radius 2 is 1.97 bits per heavy atom. The van der Waals surface area contributed by atoms with Crippen molar-refractivity contribution in [3.05, 3.63) is 54.6 Å². The number of aliphatic hydroxyl groups excluding tert-OH is 1. The van der Waals surface area contributed by atoms with Crippen molar-refractivity contribution in [2.45, 2.75) is 69.1 Å². The average Bonchev–Trinajstić information content (AvgIpc) is 3.48. The molecule has 0 aromatic heterocycles. The predicted molar refractivity (Wildman–Crippen MR) is 149 cm³/mol. The highest BCUT2D eigenvalue weighted by atomic mass is 35.5. The number of carbonyl (C=O) groups is 3. The summed E-state index contributed by atoms with van der Waals surface area (Å²) in [7, 11) is 0. The minimum Gasteiger partial charge on any atom is -0.465 e. The fraction of sp³-hybridized carbons (Fsp3) is 0.567. The number of allylic oxidation sites excluding steroid dienone is 1. The molecule has 1 N–H and O–H groups in total. The quantitative estimate of drug-likeness (QED) is 0.208. The summed E-state index contributed by atoms with van der Waals surface area (Å²) < 4.78 is 12.3. The number of nitrogens with zero attached hydrogens (tertiary/aromatic N) is 2. The highest BCUT2D eigenvalue weighted by Crippen LogP contribution is 2.63. The van der Waals surface area contributed by atoms with E-state index in [1.165, 1.54) is 0 Å². The van der Waals surface area contributed by atoms with Crippen LogP contribution in [0.1, 0.15) is 51.9 Å². The Balaban J connectivity index is 1.71. The summed E-state index contributed by atoms with van der Waals surface area (Å²) in [5.74, 6) is -2.64. The highest BCUT2D eigenvalue weighted by molar-refractivity contribution is 6.34. The average molecular weight is 559 g/mol. The first-order valence-corrected chi connectivity index (χ1v) is 14.2. The number of ether oxygens (including phenoxy) is 2. The van der Waals surface area contributed by atoms with Crippen molar-refractivity contribution in [1.29, 1.82) is 0 Å². The summed E-state index contributed by atoms with van der Waals surface area (Å²) >= 11 is 6.50. The van der Waals surface area contributed by atoms with E-state index >= 15 is 0 Å². The first kappa shape index (κ1) is 29.3. The Kier molecular flexibility index (Phi) is 9.19. The number of esters is 1. The zero-order valence-electron chi connectivity index (χ0n) is 22.6. The van der Waals surface area contributed by atoms with Gasteiger partial charge in [-0.05, 0) is 64.0 Å². The van der Waals surface area contributed by atoms with Crippen LogP contribution < -0.4 is 4.90 Å². The van der Waals surface area contributed by atoms with Crippen LogP contribution in [-0.2, 0) is 23.9 Å². The van der Waals surface area contributed by atoms with E-state index in [4.69, 9.17) is 21.1 Å². The van der Waals surface area contributed by atoms with E-state index in [-0.39, 0.29) is 31.6 Å². The number of para-hydroxylation sites is 1. The topological polar surface area (TPSA) is 96.4 Å². The Labute approximate surface area is 235 Å². The molecule has 1 aromatic rings. The second-order valence-corrected chi connectivity index (χ2v) is 11.2. The van der Waals surface area contributed by atoms with E-state index in [9.17, 15) is 19.5 Å². The van der Waals surface area contributed by atoms with Crippen molar-refractivity contribution >= 4 is 35.1 Å². The monoisotopic (exact) mass is 558 g/mol. The maximum absolute atomic E-state index is 14.5. The number of fused-ring (bicyclic) bond motifs is 1. The molecule has 0 radical (unpaired) electrons. The Morgan fingerprint density at radius 3 is 2.67 bits per heavy atom. The van der Waals surface area contributed by atoms with Gasteiger partial charge in [0.05, 0.1) is 28.8 Å². The minimum atomic E-state index is -1.15. The van der Waals surface area contributed by atoms with Gasteiger partial charge in [-0.15, -0.1) is 13.2 Å². The molecule has 212 valence electrons. The van der Waals surface area contributed by atoms with Crippen molar-refractivity contribution in [2.24, 2.45) is 11.8 Å². The van der Waals surface area contributed by atoms with E-state index in [1.54, 1.807) is 46.2 Å². The normalized spacial score (nSPS) is 28.8. The van der Waals surface area contributed by atoms with E-state index < -0.39 is 35.0 Å². The van der Waals surface area contributed by atoms with Crippen LogP contribution in [0.4, 0.5) is 5.69 Å². The maximum Gasteiger partial charge on any atom is 0.312 e. The van der Waals surface area contributed by atoms with Gasteiger partial charge in [-0.2, -0.15) is 0 Å². The smallest absolute Gasteiger partial charge is 0.312 e. The van der Waals surface area contributed by atoms with Crippen LogP contribution in [0.2, 0.25) is 5.02 Å². The van der Waals surface area contributed by atoms with Crippen LogP contribution >= 0.6 is 11.6 Å². The lowest BCUT2D eigenvalue weighted by molar-refractivity contribution is -0.159. The number of rotatable bonds is 14. The molecule has 3 aliphatic rings. The molecule has 1 spiro atoms. The second kappa shape index (κ2) is 12.2. The first-order chi connectivity index (χ1) is 18.8. The van der Waals surface area contributed by atoms with Crippen molar-refractivity contribution in [3.63, 3.8) is 0 Å². The Bertz CT molecular complexity index is 1110. The number of carbonyl (C=O) groups excluding carboxylic acids is 3. The van der Waals surface area contributed by atoms with E-state index in [1.807, 2.05) is 6.92 Å². The Morgan fingerprint density at radius 1 is 1.21 bits per heavy atom. The highest BCUT2D eigenvalue weighted by Gasteiger charge is 2.78. The van der Waals surface area contributed by atoms with Gasteiger partial charge < -0.3 is 24.4 Å². The van der Waals surface area contributed by atoms with Crippen LogP contribution in [0.25, 0.3) is 0 Å². The van der Waals surface area contributed by atoms with Gasteiger partial charge in [0.1, 0.15) is 17.6 Å². The van der Waals surface area contributed by atoms with Crippen LogP contribution in [0.3, 0.4) is 0 Å². The van der Waals surface area contributed by atoms with Gasteiger partial charge >= 0.3 is 5.97 Å². The molecule has 5 atom stereocenters. The molecular formula is C30H39ClN2O6. The van der Waals surface area contributed by atoms with Crippen LogP contribution in [-0.4, -0.2) is 71.3 Å². The molecule has 3 aliphatic heterocycles. The van der Waals surface area contributed by atoms with Crippen molar-refractivity contribution in [2.75, 3.05) is 31.2 Å². The molecule has 9 heteroatoms. The molecule has 2 amide bonds. The third-order valence-electron chi connectivity index (χ3n) is 8.34. The summed E-state index contributed by atoms with van der Waals surface area (Å²) in [6, 6.07) is 6.14. The lowest BCUT2D eigenvalue weighted by atomic mass is 9.66. The first-order valence-electron chi connectivity index (χ1n) is 13.8. The van der Waals surface area contributed by atoms with Crippen molar-refractivity contribution in [1.82, 2.24) is 4.90 Å². The van der Waals surface area contributed by atoms with E-state index in [0.29, 0.717) is 55.8 Å². The summed E-state index contributed by atoms with van der Waals surface area (Å²) in [4.78, 5) is 45.2. The molecule has 3 saturated heterocycles. The van der Waals surface area contributed by atoms with Crippen molar-refractivity contribution in [3.8, 4) is 0 Å². The molecule has 0 aliphatic carbocycles. The second-order valence-electron chi connectivity index (χ2n) is 10.8. The SMILES string of the molecule is C=CCCCOC(=O)[C@H]1[C@H]2C(=O)N(CCCCCO)C(C(=O)N(CC=C)c3ccccc3Cl)C23CC[C@]1(C)O3. The number of halogens is 1. The molecule has 2 unspecified atom stereocenters. The third kappa shape index (κ3) is 5.26. The number of unbranched alkanes of at least 4 members (excludes halogenated alkanes) is 3. The zero-order valence-corrected chi connectivity index (χ0v) is 23.4. The van der Waals surface area contributed by atoms with E-state index in [0.717, 1.165) is 6.42 Å². The number of amides is 2. The largest absolute Gasteiger partial charge is 0.465 e. The number of likely N-dealkylation sites (tertiary alicyclic amines) is 1. The molecule has 4 rings (SSSR count). The number of aliphatic hydroxyl groups is 1. The summed E-state index contributed by atoms with van der Waals surface area (Å²) in [6.07, 6.45) is 7.69. The van der Waals surface area contributed by atoms with Crippen molar-refractivity contribution < 1.29 is 29.0 Å². The number of hydrogen-bond donors (Lipinski definition) is 1. The molecular weight excluding hydrogens is 520 g/mol. The molecule has 0 saturated carbocycles. The number of anilines is 1. The summed E-state index contributed by atoms with van der Waals surface area (Å²) in [5, 5.41) is 9.65. The van der Waals surface area contributed by atoms with Gasteiger partial charge in [0.25, 0.3) is 5.91 Å². The molecule has 2 bridgehead atoms. The summed E-state index contributed by atoms with van der Waals surface area (Å²) in [5.41, 5.74) is -1.52. The minimum absolute atomic E-state index is 0.0592. The van der Waals surface area contributed by atoms with Crippen LogP contribution in [0, 0.1) is 11.8 Å². The summed E-state index contributed by atoms with van der Waals surface area (Å²) in [6.45, 7) is 10.2. The molecule has 3 heterocycles. The van der Waals surface area contributed by atoms with Gasteiger partial charge in [-0.1, -0.05) is 35.9 Å². The van der Waals surface area contributed by atoms with Gasteiger partial charge in [0.2, 0.25) is 5.91 Å². The third-order valence-corrected chi connectivity index (χ3v) is 8.66. The zero-order chi connectivity index (χ0) is 28.2. The Hall–Kier alpha value is -2.68. The molecule has 8 nitrogen and oxygen atoms in total. The fourth-order valence-corrected chi connectivity index (χ4v) is 6.86. The van der Waals surface area contributed by atoms with Crippen LogP contribution in [0.15, 0.2) is 49.6 Å². The number of hydrogen-bond acceptors (Lipinski definition) is 6. The fourth-order valence-electron chi connectivity index (χ4n) is 6.62. The molecule has 39 heavy (non-hydrogen) atoms. The predicted octanol–water partition coefficient (Wildman–Crippen LogP) is 4.30. The van der Waals surface area contributed by atoms with Gasteiger partial charge in [-0.3, -0.25) is 14.4 Å². The molecule has 1 aromatic carbocycles. The lowest BCUT2D eigenvalue weighted by Gasteiger charge is -2.37. The van der Waals surface area contributed by atoms with Gasteiger partial charge in [0.15, 0.2) is 0 Å². The van der Waals surface area contributed by atoms with E-state index in [2.05, 4.69) is 13.2 Å². The van der Waals surface area contributed by atoms with Gasteiger partial charge in [-0.25, -0.2) is 0 Å². The maximum atomic E-state index is 14.5. The standard InChI is InChI=1S/C30H39ClN2O6/c1-4-6-12-20-38-28(37)24-23-26(35)33(18-10-7-11-19-34)25(30(23)16-15-29(24,3)39-30)27(36)32(17-5-2)22-14-9-8-13-21(22)31/h4-5,8-9,13-14,23-25,34H,1-2,6-7,10-12,15-20H2,3H3/t23-,24+,25?,29-,30?/m0/s1. The number of benzene rings is 1. The molecule has 3 fully saturated rings. The lowest BCUT2D eigenvalue weighted by Crippen LogP contribution is -2.56. The van der Waals surface area contributed by atoms with Crippen LogP contribution in [0.5, 0.6) is 0 Å².